The summed E-state index contributed by atoms with van der Waals surface area (Å²) in [6, 6.07) is 25.2. The number of pyridine rings is 2. The Morgan fingerprint density at radius 3 is 1.97 bits per heavy atom. The molecule has 2 amide bonds. The molecule has 22 heteroatoms. The maximum absolute atomic E-state index is 12.5. The van der Waals surface area contributed by atoms with E-state index in [9.17, 15) is 9.59 Å². The van der Waals surface area contributed by atoms with Gasteiger partial charge >= 0.3 is 0 Å². The minimum Gasteiger partial charge on any atom is -0.470 e. The Labute approximate surface area is 384 Å². The lowest BCUT2D eigenvalue weighted by molar-refractivity contribution is 0.0885. The maximum Gasteiger partial charge on any atom is 0.269 e. The second-order valence-electron chi connectivity index (χ2n) is 15.2. The summed E-state index contributed by atoms with van der Waals surface area (Å²) >= 11 is 0. The predicted octanol–water partition coefficient (Wildman–Crippen LogP) is 5.49. The van der Waals surface area contributed by atoms with E-state index in [2.05, 4.69) is 51.3 Å². The first-order valence-electron chi connectivity index (χ1n) is 21.4. The Kier molecular flexibility index (Phi) is 12.1. The molecule has 0 bridgehead atoms. The van der Waals surface area contributed by atoms with E-state index in [-0.39, 0.29) is 50.7 Å². The minimum atomic E-state index is -0.266. The number of rotatable bonds is 18. The Hall–Kier alpha value is -8.76. The quantitative estimate of drug-likeness (QED) is 0.108. The van der Waals surface area contributed by atoms with Crippen LogP contribution in [0.4, 0.5) is 0 Å². The van der Waals surface area contributed by atoms with Crippen LogP contribution in [0.2, 0.25) is 0 Å². The number of benzene rings is 2. The topological polar surface area (TPSA) is 259 Å². The van der Waals surface area contributed by atoms with Crippen LogP contribution in [0, 0.1) is 0 Å². The Morgan fingerprint density at radius 2 is 1.26 bits per heavy atom. The Balaban J connectivity index is 0.886. The van der Waals surface area contributed by atoms with Crippen LogP contribution < -0.4 is 20.1 Å². The molecule has 2 aromatic carbocycles. The van der Waals surface area contributed by atoms with Gasteiger partial charge in [0.25, 0.3) is 11.8 Å². The number of amides is 2. The molecule has 0 saturated carbocycles. The highest BCUT2D eigenvalue weighted by Crippen LogP contribution is 2.32. The molecule has 8 aromatic heterocycles. The van der Waals surface area contributed by atoms with Crippen LogP contribution in [-0.2, 0) is 42.5 Å². The molecule has 2 N–H and O–H groups in total. The zero-order valence-corrected chi connectivity index (χ0v) is 36.7. The molecule has 0 spiro atoms. The number of nitrogens with one attached hydrogen (secondary N) is 2. The SMILES string of the molecule is CCNC(=O)c1ccnc(COc2nn3c(-c4cc(COC)on4)nnc3c3cc(COCc4cc(-c5nnc6c7ccccc7c(OCc7cccc(C(=O)NCC)n7)nn56)no4)ccc23)c1. The molecule has 0 saturated heterocycles. The number of ether oxygens (including phenoxy) is 4. The smallest absolute Gasteiger partial charge is 0.269 e. The van der Waals surface area contributed by atoms with Gasteiger partial charge in [0.05, 0.1) is 18.0 Å². The number of nitrogens with zero attached hydrogens (tertiary/aromatic N) is 12. The third-order valence-corrected chi connectivity index (χ3v) is 10.5. The molecule has 0 atom stereocenters. The van der Waals surface area contributed by atoms with Crippen molar-refractivity contribution in [3.63, 3.8) is 0 Å². The van der Waals surface area contributed by atoms with E-state index in [0.717, 1.165) is 16.3 Å². The number of carbonyl (C=O) groups excluding carboxylic acids is 2. The molecular formula is C46H40N14O8. The molecule has 0 fully saturated rings. The standard InChI is InChI=1S/C46H40N14O8/c1-4-47-43(61)27-15-16-49-29(18-27)23-66-46-34-14-13-26(17-35(34)40-52-54-42(60(40)56-46)37-19-30(24-63-3)67-57-37)21-64-25-31-20-38(58-68-31)41-53-51-39-32-10-6-7-11-33(32)45(55-59(39)41)65-22-28-9-8-12-36(50-28)44(62)48-5-2/h6-20H,4-5,21-25H2,1-3H3,(H,47,61)(H,48,62). The highest BCUT2D eigenvalue weighted by molar-refractivity contribution is 5.98. The first kappa shape index (κ1) is 43.1. The van der Waals surface area contributed by atoms with Crippen molar-refractivity contribution in [3.8, 4) is 34.8 Å². The van der Waals surface area contributed by atoms with E-state index >= 15 is 0 Å². The van der Waals surface area contributed by atoms with E-state index in [1.807, 2.05) is 56.3 Å². The summed E-state index contributed by atoms with van der Waals surface area (Å²) in [6.45, 7) is 5.22. The number of aromatic nitrogens is 12. The fourth-order valence-electron chi connectivity index (χ4n) is 7.39. The van der Waals surface area contributed by atoms with Gasteiger partial charge in [0, 0.05) is 65.6 Å². The zero-order valence-electron chi connectivity index (χ0n) is 36.7. The normalized spacial score (nSPS) is 11.5. The van der Waals surface area contributed by atoms with Gasteiger partial charge in [-0.2, -0.15) is 9.03 Å². The van der Waals surface area contributed by atoms with E-state index in [1.54, 1.807) is 60.3 Å². The lowest BCUT2D eigenvalue weighted by Gasteiger charge is -2.11. The summed E-state index contributed by atoms with van der Waals surface area (Å²) in [7, 11) is 1.56. The number of hydrogen-bond acceptors (Lipinski definition) is 18. The summed E-state index contributed by atoms with van der Waals surface area (Å²) in [6.07, 6.45) is 1.56. The third-order valence-electron chi connectivity index (χ3n) is 10.5. The molecule has 8 heterocycles. The van der Waals surface area contributed by atoms with Crippen LogP contribution in [0.15, 0.2) is 100 Å². The van der Waals surface area contributed by atoms with E-state index in [4.69, 9.17) is 38.2 Å². The van der Waals surface area contributed by atoms with Gasteiger partial charge in [-0.3, -0.25) is 14.6 Å². The Bertz CT molecular complexity index is 3470. The lowest BCUT2D eigenvalue weighted by atomic mass is 10.1. The van der Waals surface area contributed by atoms with E-state index in [0.29, 0.717) is 98.2 Å². The zero-order chi connectivity index (χ0) is 46.6. The van der Waals surface area contributed by atoms with Crippen molar-refractivity contribution < 1.29 is 37.6 Å². The van der Waals surface area contributed by atoms with Gasteiger partial charge in [0.15, 0.2) is 34.2 Å². The van der Waals surface area contributed by atoms with Crippen molar-refractivity contribution in [2.75, 3.05) is 20.2 Å². The average molecular weight is 917 g/mol. The highest BCUT2D eigenvalue weighted by atomic mass is 16.5. The van der Waals surface area contributed by atoms with Gasteiger partial charge in [-0.1, -0.05) is 40.6 Å². The van der Waals surface area contributed by atoms with Crippen molar-refractivity contribution in [3.05, 3.63) is 131 Å². The molecular weight excluding hydrogens is 877 g/mol. The Morgan fingerprint density at radius 1 is 0.618 bits per heavy atom. The minimum absolute atomic E-state index is 0.0186. The van der Waals surface area contributed by atoms with E-state index in [1.165, 1.54) is 4.52 Å². The summed E-state index contributed by atoms with van der Waals surface area (Å²) in [4.78, 5) is 33.8. The largest absolute Gasteiger partial charge is 0.470 e. The lowest BCUT2D eigenvalue weighted by Crippen LogP contribution is -2.24. The van der Waals surface area contributed by atoms with Crippen molar-refractivity contribution in [1.29, 1.82) is 0 Å². The molecule has 0 radical (unpaired) electrons. The number of methoxy groups -OCH3 is 1. The molecule has 0 unspecified atom stereocenters. The van der Waals surface area contributed by atoms with Crippen LogP contribution >= 0.6 is 0 Å². The van der Waals surface area contributed by atoms with Crippen LogP contribution in [-0.4, -0.2) is 91.9 Å². The predicted molar refractivity (Wildman–Crippen MR) is 240 cm³/mol. The fourth-order valence-corrected chi connectivity index (χ4v) is 7.39. The van der Waals surface area contributed by atoms with Gasteiger partial charge in [0.1, 0.15) is 32.1 Å². The number of hydrogen-bond donors (Lipinski definition) is 2. The molecule has 10 aromatic rings. The van der Waals surface area contributed by atoms with Gasteiger partial charge in [-0.15, -0.1) is 30.6 Å². The molecule has 10 rings (SSSR count). The van der Waals surface area contributed by atoms with Crippen molar-refractivity contribution in [1.82, 2.24) is 70.5 Å². The van der Waals surface area contributed by atoms with Gasteiger partial charge < -0.3 is 38.6 Å². The van der Waals surface area contributed by atoms with Gasteiger partial charge in [-0.25, -0.2) is 4.98 Å². The van der Waals surface area contributed by atoms with Gasteiger partial charge in [0.2, 0.25) is 23.4 Å². The molecule has 0 aliphatic rings. The van der Waals surface area contributed by atoms with Crippen LogP contribution in [0.3, 0.4) is 0 Å². The monoisotopic (exact) mass is 916 g/mol. The second-order valence-corrected chi connectivity index (χ2v) is 15.2. The molecule has 0 aliphatic heterocycles. The highest BCUT2D eigenvalue weighted by Gasteiger charge is 2.22. The second kappa shape index (κ2) is 19.0. The summed E-state index contributed by atoms with van der Waals surface area (Å²) in [5, 5.41) is 44.1. The third kappa shape index (κ3) is 8.70. The van der Waals surface area contributed by atoms with Crippen LogP contribution in [0.1, 0.15) is 63.2 Å². The van der Waals surface area contributed by atoms with Crippen molar-refractivity contribution in [2.45, 2.75) is 46.9 Å². The van der Waals surface area contributed by atoms with Crippen LogP contribution in [0.25, 0.3) is 55.9 Å². The molecule has 68 heavy (non-hydrogen) atoms. The molecule has 342 valence electrons. The maximum atomic E-state index is 12.5. The fraction of sp³-hybridized carbons (Fsp3) is 0.217. The first-order chi connectivity index (χ1) is 33.4. The first-order valence-corrected chi connectivity index (χ1v) is 21.4. The van der Waals surface area contributed by atoms with Crippen molar-refractivity contribution >= 4 is 44.7 Å². The van der Waals surface area contributed by atoms with Crippen LogP contribution in [0.5, 0.6) is 11.8 Å². The summed E-state index contributed by atoms with van der Waals surface area (Å²) < 4.78 is 38.1. The number of fused-ring (bicyclic) bond motifs is 6. The summed E-state index contributed by atoms with van der Waals surface area (Å²) in [5.74, 6) is 1.68. The van der Waals surface area contributed by atoms with Crippen molar-refractivity contribution in [2.24, 2.45) is 0 Å². The average Bonchev–Trinajstić information content (AvgIpc) is 4.20. The molecule has 0 aliphatic carbocycles. The number of carbonyl (C=O) groups is 2. The van der Waals surface area contributed by atoms with Gasteiger partial charge in [-0.05, 0) is 61.9 Å². The molecule has 22 nitrogen and oxygen atoms in total. The van der Waals surface area contributed by atoms with E-state index < -0.39 is 0 Å². The summed E-state index contributed by atoms with van der Waals surface area (Å²) in [5.41, 5.74) is 4.35.